The van der Waals surface area contributed by atoms with Crippen LogP contribution < -0.4 is 0 Å². The molecule has 0 heterocycles. The Morgan fingerprint density at radius 3 is 1.32 bits per heavy atom. The fourth-order valence-electron chi connectivity index (χ4n) is 1.18. The number of esters is 2. The Balaban J connectivity index is 3.88. The molecule has 122 valence electrons. The smallest absolute Gasteiger partial charge is 0.307 e. The largest absolute Gasteiger partial charge is 0.452 e. The lowest BCUT2D eigenvalue weighted by atomic mass is 9.98. The molecule has 0 rings (SSSR count). The van der Waals surface area contributed by atoms with Gasteiger partial charge in [0.05, 0.1) is 12.8 Å². The van der Waals surface area contributed by atoms with E-state index in [1.807, 2.05) is 41.5 Å². The summed E-state index contributed by atoms with van der Waals surface area (Å²) in [5.74, 6) is 10.5. The number of rotatable bonds is 5. The topological polar surface area (TPSA) is 52.6 Å². The quantitative estimate of drug-likeness (QED) is 0.579. The van der Waals surface area contributed by atoms with Crippen molar-refractivity contribution in [1.29, 1.82) is 0 Å². The average molecular weight is 306 g/mol. The summed E-state index contributed by atoms with van der Waals surface area (Å²) in [7, 11) is 0. The Kier molecular flexibility index (Phi) is 8.35. The van der Waals surface area contributed by atoms with E-state index >= 15 is 0 Å². The summed E-state index contributed by atoms with van der Waals surface area (Å²) in [6.45, 7) is 11.9. The summed E-state index contributed by atoms with van der Waals surface area (Å²) < 4.78 is 9.82. The third kappa shape index (κ3) is 14.5. The molecular weight excluding hydrogens is 280 g/mol. The molecule has 0 aromatic rings. The molecule has 4 heteroatoms. The minimum Gasteiger partial charge on any atom is -0.452 e. The first-order valence-corrected chi connectivity index (χ1v) is 7.31. The zero-order valence-electron chi connectivity index (χ0n) is 14.5. The van der Waals surface area contributed by atoms with Crippen molar-refractivity contribution in [2.24, 2.45) is 10.8 Å². The highest BCUT2D eigenvalue weighted by atomic mass is 16.5. The average Bonchev–Trinajstić information content (AvgIpc) is 2.35. The predicted octanol–water partition coefficient (Wildman–Crippen LogP) is 2.95. The molecule has 0 bridgehead atoms. The maximum atomic E-state index is 11.4. The molecule has 0 atom stereocenters. The summed E-state index contributed by atoms with van der Waals surface area (Å²) >= 11 is 0. The van der Waals surface area contributed by atoms with Crippen molar-refractivity contribution in [2.45, 2.75) is 54.4 Å². The number of carbonyl (C=O) groups excluding carboxylic acids is 2. The molecular formula is C18H26O4. The van der Waals surface area contributed by atoms with Crippen LogP contribution in [-0.2, 0) is 19.1 Å². The zero-order valence-corrected chi connectivity index (χ0v) is 14.5. The third-order valence-electron chi connectivity index (χ3n) is 2.07. The fourth-order valence-corrected chi connectivity index (χ4v) is 1.18. The summed E-state index contributed by atoms with van der Waals surface area (Å²) in [5.41, 5.74) is -0.241. The van der Waals surface area contributed by atoms with Gasteiger partial charge in [-0.3, -0.25) is 9.59 Å². The second kappa shape index (κ2) is 9.15. The van der Waals surface area contributed by atoms with E-state index in [1.165, 1.54) is 0 Å². The lowest BCUT2D eigenvalue weighted by Gasteiger charge is -2.07. The highest BCUT2D eigenvalue weighted by molar-refractivity contribution is 5.77. The Bertz CT molecular complexity index is 448. The van der Waals surface area contributed by atoms with Crippen molar-refractivity contribution in [2.75, 3.05) is 13.2 Å². The van der Waals surface area contributed by atoms with Gasteiger partial charge >= 0.3 is 11.9 Å². The minimum atomic E-state index is -0.457. The van der Waals surface area contributed by atoms with Gasteiger partial charge in [-0.05, 0) is 41.5 Å². The van der Waals surface area contributed by atoms with Crippen molar-refractivity contribution in [3.05, 3.63) is 0 Å². The van der Waals surface area contributed by atoms with Crippen molar-refractivity contribution in [3.63, 3.8) is 0 Å². The first kappa shape index (κ1) is 20.1. The summed E-state index contributed by atoms with van der Waals surface area (Å²) in [6, 6.07) is 0. The SMILES string of the molecule is CC(C)(C)C#CCOC(=O)CCC(=O)OCC#CC(C)(C)C. The van der Waals surface area contributed by atoms with Crippen LogP contribution in [0.1, 0.15) is 54.4 Å². The summed E-state index contributed by atoms with van der Waals surface area (Å²) in [5, 5.41) is 0. The molecule has 0 unspecified atom stereocenters. The van der Waals surface area contributed by atoms with Gasteiger partial charge in [-0.1, -0.05) is 23.7 Å². The van der Waals surface area contributed by atoms with Gasteiger partial charge in [0, 0.05) is 10.8 Å². The van der Waals surface area contributed by atoms with E-state index in [9.17, 15) is 9.59 Å². The van der Waals surface area contributed by atoms with Gasteiger partial charge in [-0.2, -0.15) is 0 Å². The molecule has 0 fully saturated rings. The van der Waals surface area contributed by atoms with Gasteiger partial charge < -0.3 is 9.47 Å². The van der Waals surface area contributed by atoms with Crippen LogP contribution in [-0.4, -0.2) is 25.2 Å². The van der Waals surface area contributed by atoms with Crippen molar-refractivity contribution in [3.8, 4) is 23.7 Å². The standard InChI is InChI=1S/C18H26O4/c1-17(2,3)11-7-13-21-15(19)9-10-16(20)22-14-8-12-18(4,5)6/h9-10,13-14H2,1-6H3. The van der Waals surface area contributed by atoms with Gasteiger partial charge in [0.2, 0.25) is 0 Å². The van der Waals surface area contributed by atoms with Crippen LogP contribution >= 0.6 is 0 Å². The first-order chi connectivity index (χ1) is 9.99. The van der Waals surface area contributed by atoms with Crippen molar-refractivity contribution < 1.29 is 19.1 Å². The van der Waals surface area contributed by atoms with Gasteiger partial charge in [0.25, 0.3) is 0 Å². The molecule has 0 saturated carbocycles. The Hall–Kier alpha value is -1.94. The van der Waals surface area contributed by atoms with Crippen LogP contribution in [0.25, 0.3) is 0 Å². The Morgan fingerprint density at radius 2 is 1.05 bits per heavy atom. The molecule has 4 nitrogen and oxygen atoms in total. The number of hydrogen-bond acceptors (Lipinski definition) is 4. The maximum absolute atomic E-state index is 11.4. The number of ether oxygens (including phenoxy) is 2. The first-order valence-electron chi connectivity index (χ1n) is 7.31. The third-order valence-corrected chi connectivity index (χ3v) is 2.07. The van der Waals surface area contributed by atoms with E-state index in [0.717, 1.165) is 0 Å². The summed E-state index contributed by atoms with van der Waals surface area (Å²) in [6.07, 6.45) is -0.0224. The van der Waals surface area contributed by atoms with Crippen LogP contribution in [0, 0.1) is 34.5 Å². The van der Waals surface area contributed by atoms with Crippen molar-refractivity contribution in [1.82, 2.24) is 0 Å². The number of carbonyl (C=O) groups is 2. The minimum absolute atomic E-state index is 0.0112. The monoisotopic (exact) mass is 306 g/mol. The molecule has 0 radical (unpaired) electrons. The van der Waals surface area contributed by atoms with E-state index in [2.05, 4.69) is 23.7 Å². The second-order valence-corrected chi connectivity index (χ2v) is 6.92. The van der Waals surface area contributed by atoms with Crippen LogP contribution in [0.3, 0.4) is 0 Å². The molecule has 22 heavy (non-hydrogen) atoms. The van der Waals surface area contributed by atoms with E-state index in [1.54, 1.807) is 0 Å². The van der Waals surface area contributed by atoms with E-state index < -0.39 is 11.9 Å². The van der Waals surface area contributed by atoms with Crippen molar-refractivity contribution >= 4 is 11.9 Å². The Labute approximate surface area is 133 Å². The lowest BCUT2D eigenvalue weighted by Crippen LogP contribution is -2.11. The van der Waals surface area contributed by atoms with Gasteiger partial charge in [0.15, 0.2) is 13.2 Å². The molecule has 0 aliphatic heterocycles. The zero-order chi connectivity index (χ0) is 17.2. The van der Waals surface area contributed by atoms with Crippen LogP contribution in [0.2, 0.25) is 0 Å². The molecule has 0 saturated heterocycles. The Morgan fingerprint density at radius 1 is 0.727 bits per heavy atom. The summed E-state index contributed by atoms with van der Waals surface area (Å²) in [4.78, 5) is 22.8. The van der Waals surface area contributed by atoms with Gasteiger partial charge in [-0.15, -0.1) is 0 Å². The van der Waals surface area contributed by atoms with Crippen LogP contribution in [0.4, 0.5) is 0 Å². The molecule has 0 aromatic heterocycles. The molecule has 0 aliphatic carbocycles. The molecule has 0 spiro atoms. The fraction of sp³-hybridized carbons (Fsp3) is 0.667. The maximum Gasteiger partial charge on any atom is 0.307 e. The van der Waals surface area contributed by atoms with Gasteiger partial charge in [-0.25, -0.2) is 0 Å². The molecule has 0 aliphatic rings. The van der Waals surface area contributed by atoms with Gasteiger partial charge in [0.1, 0.15) is 0 Å². The molecule has 0 amide bonds. The number of hydrogen-bond donors (Lipinski definition) is 0. The highest BCUT2D eigenvalue weighted by Crippen LogP contribution is 2.10. The molecule has 0 N–H and O–H groups in total. The van der Waals surface area contributed by atoms with E-state index in [-0.39, 0.29) is 36.9 Å². The predicted molar refractivity (Wildman–Crippen MR) is 85.6 cm³/mol. The van der Waals surface area contributed by atoms with E-state index in [0.29, 0.717) is 0 Å². The normalized spacial score (nSPS) is 10.6. The van der Waals surface area contributed by atoms with Crippen LogP contribution in [0.15, 0.2) is 0 Å². The van der Waals surface area contributed by atoms with E-state index in [4.69, 9.17) is 9.47 Å². The molecule has 0 aromatic carbocycles. The lowest BCUT2D eigenvalue weighted by molar-refractivity contribution is -0.148. The second-order valence-electron chi connectivity index (χ2n) is 6.92. The highest BCUT2D eigenvalue weighted by Gasteiger charge is 2.09. The van der Waals surface area contributed by atoms with Crippen LogP contribution in [0.5, 0.6) is 0 Å².